The van der Waals surface area contributed by atoms with Crippen LogP contribution in [-0.2, 0) is 4.79 Å². The Hall–Kier alpha value is -2.24. The first kappa shape index (κ1) is 19.1. The van der Waals surface area contributed by atoms with E-state index in [4.69, 9.17) is 4.74 Å². The number of urea groups is 1. The second-order valence-electron chi connectivity index (χ2n) is 8.96. The van der Waals surface area contributed by atoms with Crippen molar-refractivity contribution in [1.82, 2.24) is 10.6 Å². The van der Waals surface area contributed by atoms with Gasteiger partial charge in [-0.15, -0.1) is 0 Å². The molecule has 3 N–H and O–H groups in total. The molecule has 5 rings (SSSR count). The first-order valence-electron chi connectivity index (χ1n) is 10.6. The van der Waals surface area contributed by atoms with Crippen LogP contribution in [0.5, 0.6) is 5.75 Å². The highest BCUT2D eigenvalue weighted by molar-refractivity contribution is 5.98. The number of nitrogens with one attached hydrogen (secondary N) is 3. The third kappa shape index (κ3) is 4.10. The van der Waals surface area contributed by atoms with E-state index in [2.05, 4.69) is 16.0 Å². The van der Waals surface area contributed by atoms with Crippen LogP contribution in [0.25, 0.3) is 0 Å². The van der Waals surface area contributed by atoms with Crippen LogP contribution in [0.4, 0.5) is 10.5 Å². The number of carbonyl (C=O) groups is 2. The van der Waals surface area contributed by atoms with Crippen LogP contribution in [0.1, 0.15) is 52.4 Å². The van der Waals surface area contributed by atoms with Crippen LogP contribution < -0.4 is 20.7 Å². The molecule has 4 saturated carbocycles. The second kappa shape index (κ2) is 7.64. The van der Waals surface area contributed by atoms with Crippen molar-refractivity contribution in [2.75, 3.05) is 11.9 Å². The number of ether oxygens (including phenoxy) is 1. The van der Waals surface area contributed by atoms with Gasteiger partial charge in [-0.05, 0) is 94.4 Å². The molecule has 1 aromatic rings. The van der Waals surface area contributed by atoms with Crippen molar-refractivity contribution >= 4 is 17.6 Å². The zero-order chi connectivity index (χ0) is 19.7. The van der Waals surface area contributed by atoms with Crippen LogP contribution in [-0.4, -0.2) is 30.1 Å². The zero-order valence-electron chi connectivity index (χ0n) is 16.8. The van der Waals surface area contributed by atoms with E-state index in [0.717, 1.165) is 48.5 Å². The minimum atomic E-state index is -0.514. The summed E-state index contributed by atoms with van der Waals surface area (Å²) in [6.07, 6.45) is 7.18. The zero-order valence-corrected chi connectivity index (χ0v) is 16.8. The number of rotatable bonds is 6. The molecule has 4 aliphatic carbocycles. The third-order valence-electron chi connectivity index (χ3n) is 6.60. The Morgan fingerprint density at radius 2 is 1.64 bits per heavy atom. The summed E-state index contributed by atoms with van der Waals surface area (Å²) in [5.41, 5.74) is 0.720. The normalized spacial score (nSPS) is 31.1. The molecule has 0 aliphatic heterocycles. The molecule has 4 bridgehead atoms. The van der Waals surface area contributed by atoms with E-state index in [-0.39, 0.29) is 17.5 Å². The van der Waals surface area contributed by atoms with E-state index in [1.807, 2.05) is 31.2 Å². The van der Waals surface area contributed by atoms with Gasteiger partial charge in [0.1, 0.15) is 11.8 Å². The monoisotopic (exact) mass is 385 g/mol. The van der Waals surface area contributed by atoms with Gasteiger partial charge in [-0.25, -0.2) is 4.79 Å². The number of benzene rings is 1. The molecular weight excluding hydrogens is 354 g/mol. The molecule has 28 heavy (non-hydrogen) atoms. The molecule has 4 aliphatic rings. The van der Waals surface area contributed by atoms with Gasteiger partial charge in [-0.3, -0.25) is 10.1 Å². The lowest BCUT2D eigenvalue weighted by Gasteiger charge is -2.56. The number of imide groups is 1. The Bertz CT molecular complexity index is 696. The Balaban J connectivity index is 1.29. The average molecular weight is 386 g/mol. The molecule has 6 nitrogen and oxygen atoms in total. The van der Waals surface area contributed by atoms with E-state index in [0.29, 0.717) is 6.61 Å². The van der Waals surface area contributed by atoms with Crippen molar-refractivity contribution in [3.05, 3.63) is 24.3 Å². The topological polar surface area (TPSA) is 79.5 Å². The molecule has 0 heterocycles. The fourth-order valence-electron chi connectivity index (χ4n) is 5.89. The van der Waals surface area contributed by atoms with Gasteiger partial charge in [-0.1, -0.05) is 0 Å². The molecule has 1 unspecified atom stereocenters. The Morgan fingerprint density at radius 3 is 2.18 bits per heavy atom. The summed E-state index contributed by atoms with van der Waals surface area (Å²) in [6.45, 7) is 4.31. The van der Waals surface area contributed by atoms with E-state index in [9.17, 15) is 9.59 Å². The molecule has 0 radical (unpaired) electrons. The maximum absolute atomic E-state index is 12.5. The molecule has 3 amide bonds. The van der Waals surface area contributed by atoms with E-state index in [1.165, 1.54) is 19.3 Å². The van der Waals surface area contributed by atoms with Gasteiger partial charge in [0.25, 0.3) is 0 Å². The molecule has 1 atom stereocenters. The number of hydrogen-bond acceptors (Lipinski definition) is 4. The number of anilines is 1. The van der Waals surface area contributed by atoms with Crippen LogP contribution in [0, 0.1) is 17.8 Å². The van der Waals surface area contributed by atoms with Gasteiger partial charge in [0.2, 0.25) is 5.91 Å². The summed E-state index contributed by atoms with van der Waals surface area (Å²) in [5, 5.41) is 8.84. The highest BCUT2D eigenvalue weighted by atomic mass is 16.5. The highest BCUT2D eigenvalue weighted by Crippen LogP contribution is 2.55. The van der Waals surface area contributed by atoms with Gasteiger partial charge in [0, 0.05) is 11.2 Å². The summed E-state index contributed by atoms with van der Waals surface area (Å²) in [4.78, 5) is 25.0. The largest absolute Gasteiger partial charge is 0.494 e. The van der Waals surface area contributed by atoms with E-state index in [1.54, 1.807) is 6.92 Å². The SMILES string of the molecule is CCOc1ccc(NC(C)C(=O)NC(=O)NC23CC4CC(CC(C4)C2)C3)cc1. The average Bonchev–Trinajstić information content (AvgIpc) is 2.61. The first-order chi connectivity index (χ1) is 13.4. The van der Waals surface area contributed by atoms with Crippen molar-refractivity contribution < 1.29 is 14.3 Å². The maximum atomic E-state index is 12.5. The lowest BCUT2D eigenvalue weighted by atomic mass is 9.53. The lowest BCUT2D eigenvalue weighted by Crippen LogP contribution is -2.62. The smallest absolute Gasteiger partial charge is 0.321 e. The standard InChI is InChI=1S/C22H31N3O3/c1-3-28-19-6-4-18(5-7-19)23-14(2)20(26)24-21(27)25-22-11-15-8-16(12-22)10-17(9-15)13-22/h4-7,14-17,23H,3,8-13H2,1-2H3,(H2,24,25,26,27). The first-order valence-corrected chi connectivity index (χ1v) is 10.6. The van der Waals surface area contributed by atoms with Crippen molar-refractivity contribution in [2.45, 2.75) is 64.0 Å². The van der Waals surface area contributed by atoms with Gasteiger partial charge < -0.3 is 15.4 Å². The van der Waals surface area contributed by atoms with Crippen LogP contribution in [0.2, 0.25) is 0 Å². The third-order valence-corrected chi connectivity index (χ3v) is 6.60. The van der Waals surface area contributed by atoms with Gasteiger partial charge in [0.05, 0.1) is 6.61 Å². The predicted octanol–water partition coefficient (Wildman–Crippen LogP) is 3.68. The quantitative estimate of drug-likeness (QED) is 0.698. The fourth-order valence-corrected chi connectivity index (χ4v) is 5.89. The van der Waals surface area contributed by atoms with Gasteiger partial charge in [-0.2, -0.15) is 0 Å². The molecule has 4 fully saturated rings. The van der Waals surface area contributed by atoms with E-state index >= 15 is 0 Å². The Morgan fingerprint density at radius 1 is 1.07 bits per heavy atom. The van der Waals surface area contributed by atoms with Crippen LogP contribution >= 0.6 is 0 Å². The predicted molar refractivity (Wildman–Crippen MR) is 108 cm³/mol. The summed E-state index contributed by atoms with van der Waals surface area (Å²) in [6, 6.07) is 6.58. The number of amides is 3. The highest BCUT2D eigenvalue weighted by Gasteiger charge is 2.51. The molecule has 0 saturated heterocycles. The summed E-state index contributed by atoms with van der Waals surface area (Å²) < 4.78 is 5.42. The lowest BCUT2D eigenvalue weighted by molar-refractivity contribution is -0.120. The molecule has 6 heteroatoms. The molecule has 0 spiro atoms. The maximum Gasteiger partial charge on any atom is 0.321 e. The fraction of sp³-hybridized carbons (Fsp3) is 0.636. The molecular formula is C22H31N3O3. The van der Waals surface area contributed by atoms with E-state index < -0.39 is 6.04 Å². The number of carbonyl (C=O) groups excluding carboxylic acids is 2. The summed E-state index contributed by atoms with van der Waals surface area (Å²) >= 11 is 0. The Labute approximate surface area is 166 Å². The second-order valence-corrected chi connectivity index (χ2v) is 8.96. The van der Waals surface area contributed by atoms with Crippen molar-refractivity contribution in [2.24, 2.45) is 17.8 Å². The minimum Gasteiger partial charge on any atom is -0.494 e. The van der Waals surface area contributed by atoms with Crippen molar-refractivity contribution in [3.8, 4) is 5.75 Å². The van der Waals surface area contributed by atoms with Crippen molar-refractivity contribution in [3.63, 3.8) is 0 Å². The summed E-state index contributed by atoms with van der Waals surface area (Å²) in [5.74, 6) is 2.73. The minimum absolute atomic E-state index is 0.0924. The molecule has 152 valence electrons. The Kier molecular flexibility index (Phi) is 5.21. The van der Waals surface area contributed by atoms with Crippen LogP contribution in [0.3, 0.4) is 0 Å². The van der Waals surface area contributed by atoms with Gasteiger partial charge >= 0.3 is 6.03 Å². The molecule has 1 aromatic carbocycles. The molecule has 0 aromatic heterocycles. The number of hydrogen-bond donors (Lipinski definition) is 3. The van der Waals surface area contributed by atoms with Crippen LogP contribution in [0.15, 0.2) is 24.3 Å². The summed E-state index contributed by atoms with van der Waals surface area (Å²) in [7, 11) is 0. The van der Waals surface area contributed by atoms with Gasteiger partial charge in [0.15, 0.2) is 0 Å². The van der Waals surface area contributed by atoms with Crippen molar-refractivity contribution in [1.29, 1.82) is 0 Å².